The Morgan fingerprint density at radius 1 is 1.11 bits per heavy atom. The summed E-state index contributed by atoms with van der Waals surface area (Å²) in [7, 11) is 0. The number of benzene rings is 2. The third kappa shape index (κ3) is 2.90. The molecule has 2 heterocycles. The van der Waals surface area contributed by atoms with Gasteiger partial charge in [-0.3, -0.25) is 10.3 Å². The van der Waals surface area contributed by atoms with E-state index in [1.54, 1.807) is 0 Å². The molecule has 0 aliphatic carbocycles. The summed E-state index contributed by atoms with van der Waals surface area (Å²) in [6.45, 7) is 6.42. The minimum atomic E-state index is 0.147. The van der Waals surface area contributed by atoms with Crippen LogP contribution in [-0.4, -0.2) is 4.98 Å². The lowest BCUT2D eigenvalue weighted by Gasteiger charge is -2.17. The number of nitriles is 1. The SMILES string of the molecule is CCCc1c(C)c(C#N)c2[nH]c3ccccc3[n+]2c1N[C@H](C)c1ccccc1. The Balaban J connectivity index is 2.02. The number of para-hydroxylation sites is 2. The highest BCUT2D eigenvalue weighted by Crippen LogP contribution is 2.29. The number of imidazole rings is 1. The highest BCUT2D eigenvalue weighted by atomic mass is 15.1. The zero-order chi connectivity index (χ0) is 19.7. The normalized spacial score (nSPS) is 12.2. The molecule has 0 bridgehead atoms. The summed E-state index contributed by atoms with van der Waals surface area (Å²) in [4.78, 5) is 3.46. The van der Waals surface area contributed by atoms with Crippen LogP contribution >= 0.6 is 0 Å². The van der Waals surface area contributed by atoms with Gasteiger partial charge < -0.3 is 0 Å². The zero-order valence-corrected chi connectivity index (χ0v) is 16.6. The van der Waals surface area contributed by atoms with Gasteiger partial charge in [0.15, 0.2) is 0 Å². The molecule has 0 amide bonds. The molecule has 0 radical (unpaired) electrons. The molecule has 1 atom stereocenters. The molecule has 28 heavy (non-hydrogen) atoms. The molecule has 0 saturated heterocycles. The van der Waals surface area contributed by atoms with Gasteiger partial charge in [0.25, 0.3) is 0 Å². The first-order chi connectivity index (χ1) is 13.7. The summed E-state index contributed by atoms with van der Waals surface area (Å²) in [5.41, 5.74) is 7.18. The fourth-order valence-electron chi connectivity index (χ4n) is 4.00. The quantitative estimate of drug-likeness (QED) is 0.474. The summed E-state index contributed by atoms with van der Waals surface area (Å²) in [6, 6.07) is 21.3. The lowest BCUT2D eigenvalue weighted by molar-refractivity contribution is -0.465. The van der Waals surface area contributed by atoms with E-state index < -0.39 is 0 Å². The van der Waals surface area contributed by atoms with Crippen LogP contribution in [0, 0.1) is 18.3 Å². The molecule has 0 aliphatic heterocycles. The predicted molar refractivity (Wildman–Crippen MR) is 113 cm³/mol. The highest BCUT2D eigenvalue weighted by molar-refractivity contribution is 5.78. The van der Waals surface area contributed by atoms with E-state index in [1.165, 1.54) is 11.1 Å². The van der Waals surface area contributed by atoms with Gasteiger partial charge in [-0.05, 0) is 43.5 Å². The van der Waals surface area contributed by atoms with Crippen LogP contribution in [0.25, 0.3) is 16.7 Å². The summed E-state index contributed by atoms with van der Waals surface area (Å²) < 4.78 is 2.19. The van der Waals surface area contributed by atoms with Gasteiger partial charge in [-0.2, -0.15) is 9.66 Å². The van der Waals surface area contributed by atoms with Crippen molar-refractivity contribution in [1.82, 2.24) is 4.98 Å². The number of aromatic nitrogens is 2. The van der Waals surface area contributed by atoms with Gasteiger partial charge in [-0.25, -0.2) is 0 Å². The zero-order valence-electron chi connectivity index (χ0n) is 16.6. The van der Waals surface area contributed by atoms with Crippen molar-refractivity contribution >= 4 is 22.5 Å². The van der Waals surface area contributed by atoms with Gasteiger partial charge in [-0.1, -0.05) is 55.8 Å². The Labute approximate surface area is 165 Å². The second kappa shape index (κ2) is 7.36. The topological polar surface area (TPSA) is 55.7 Å². The van der Waals surface area contributed by atoms with Gasteiger partial charge >= 0.3 is 0 Å². The number of rotatable bonds is 5. The van der Waals surface area contributed by atoms with Crippen LogP contribution in [0.2, 0.25) is 0 Å². The van der Waals surface area contributed by atoms with E-state index in [1.807, 2.05) is 18.2 Å². The number of anilines is 1. The molecule has 0 fully saturated rings. The number of pyridine rings is 1. The Kier molecular flexibility index (Phi) is 4.75. The first-order valence-electron chi connectivity index (χ1n) is 9.85. The number of nitrogens with one attached hydrogen (secondary N) is 2. The maximum atomic E-state index is 9.88. The molecule has 2 aromatic heterocycles. The van der Waals surface area contributed by atoms with Crippen LogP contribution in [0.1, 0.15) is 48.6 Å². The van der Waals surface area contributed by atoms with Crippen molar-refractivity contribution in [3.05, 3.63) is 76.9 Å². The van der Waals surface area contributed by atoms with E-state index in [4.69, 9.17) is 0 Å². The molecular formula is C24H25N4+. The lowest BCUT2D eigenvalue weighted by Crippen LogP contribution is -2.30. The number of hydrogen-bond acceptors (Lipinski definition) is 2. The number of hydrogen-bond donors (Lipinski definition) is 2. The van der Waals surface area contributed by atoms with E-state index in [2.05, 4.69) is 77.9 Å². The third-order valence-electron chi connectivity index (χ3n) is 5.46. The molecule has 4 nitrogen and oxygen atoms in total. The second-order valence-corrected chi connectivity index (χ2v) is 7.29. The predicted octanol–water partition coefficient (Wildman–Crippen LogP) is 5.21. The van der Waals surface area contributed by atoms with E-state index in [0.717, 1.165) is 46.5 Å². The van der Waals surface area contributed by atoms with Gasteiger partial charge in [0.05, 0.1) is 6.04 Å². The monoisotopic (exact) mass is 369 g/mol. The minimum Gasteiger partial charge on any atom is -0.298 e. The van der Waals surface area contributed by atoms with Crippen molar-refractivity contribution in [1.29, 1.82) is 5.26 Å². The van der Waals surface area contributed by atoms with Crippen LogP contribution in [0.15, 0.2) is 54.6 Å². The third-order valence-corrected chi connectivity index (χ3v) is 5.46. The summed E-state index contributed by atoms with van der Waals surface area (Å²) >= 11 is 0. The molecule has 0 saturated carbocycles. The maximum absolute atomic E-state index is 9.88. The van der Waals surface area contributed by atoms with E-state index in [9.17, 15) is 5.26 Å². The van der Waals surface area contributed by atoms with Crippen molar-refractivity contribution in [3.8, 4) is 6.07 Å². The fraction of sp³-hybridized carbons (Fsp3) is 0.250. The molecule has 4 aromatic rings. The molecule has 140 valence electrons. The van der Waals surface area contributed by atoms with Gasteiger partial charge in [0.2, 0.25) is 11.5 Å². The lowest BCUT2D eigenvalue weighted by atomic mass is 10.00. The maximum Gasteiger partial charge on any atom is 0.250 e. The van der Waals surface area contributed by atoms with Crippen molar-refractivity contribution in [2.24, 2.45) is 0 Å². The number of aromatic amines is 1. The van der Waals surface area contributed by atoms with Crippen LogP contribution in [-0.2, 0) is 6.42 Å². The number of H-pyrrole nitrogens is 1. The van der Waals surface area contributed by atoms with E-state index >= 15 is 0 Å². The molecular weight excluding hydrogens is 344 g/mol. The molecule has 2 N–H and O–H groups in total. The number of nitrogens with zero attached hydrogens (tertiary/aromatic N) is 2. The van der Waals surface area contributed by atoms with Gasteiger partial charge in [0, 0.05) is 5.56 Å². The van der Waals surface area contributed by atoms with Crippen molar-refractivity contribution in [2.75, 3.05) is 5.32 Å². The fourth-order valence-corrected chi connectivity index (χ4v) is 4.00. The highest BCUT2D eigenvalue weighted by Gasteiger charge is 2.26. The summed E-state index contributed by atoms with van der Waals surface area (Å²) in [5, 5.41) is 13.6. The van der Waals surface area contributed by atoms with E-state index in [0.29, 0.717) is 0 Å². The Bertz CT molecular complexity index is 1180. The van der Waals surface area contributed by atoms with Crippen molar-refractivity contribution < 1.29 is 4.40 Å². The average molecular weight is 369 g/mol. The Morgan fingerprint density at radius 2 is 1.82 bits per heavy atom. The van der Waals surface area contributed by atoms with Crippen molar-refractivity contribution in [3.63, 3.8) is 0 Å². The summed E-state index contributed by atoms with van der Waals surface area (Å²) in [6.07, 6.45) is 1.95. The number of fused-ring (bicyclic) bond motifs is 3. The Morgan fingerprint density at radius 3 is 2.54 bits per heavy atom. The molecule has 0 spiro atoms. The second-order valence-electron chi connectivity index (χ2n) is 7.29. The van der Waals surface area contributed by atoms with Gasteiger partial charge in [0.1, 0.15) is 22.7 Å². The molecule has 2 aromatic carbocycles. The molecule has 0 unspecified atom stereocenters. The Hall–Kier alpha value is -3.32. The molecule has 0 aliphatic rings. The first-order valence-corrected chi connectivity index (χ1v) is 9.85. The summed E-state index contributed by atoms with van der Waals surface area (Å²) in [5.74, 6) is 1.07. The molecule has 4 heteroatoms. The smallest absolute Gasteiger partial charge is 0.250 e. The van der Waals surface area contributed by atoms with Crippen LogP contribution in [0.3, 0.4) is 0 Å². The first kappa shape index (κ1) is 18.1. The van der Waals surface area contributed by atoms with E-state index in [-0.39, 0.29) is 6.04 Å². The van der Waals surface area contributed by atoms with Gasteiger partial charge in [-0.15, -0.1) is 0 Å². The van der Waals surface area contributed by atoms with Crippen LogP contribution in [0.4, 0.5) is 5.82 Å². The average Bonchev–Trinajstić information content (AvgIpc) is 3.10. The van der Waals surface area contributed by atoms with Crippen molar-refractivity contribution in [2.45, 2.75) is 39.7 Å². The minimum absolute atomic E-state index is 0.147. The van der Waals surface area contributed by atoms with Crippen LogP contribution < -0.4 is 9.72 Å². The molecule has 4 rings (SSSR count). The largest absolute Gasteiger partial charge is 0.298 e. The van der Waals surface area contributed by atoms with Crippen LogP contribution in [0.5, 0.6) is 0 Å². The standard InChI is InChI=1S/C24H24N4/c1-4-10-19-16(2)20(15-25)24-27-21-13-8-9-14-22(21)28(24)23(19)26-17(3)18-11-6-5-7-12-18/h5-9,11-14,17H,4,10H2,1-3H3,(H,26,27)/p+1/t17-/m1/s1.